The van der Waals surface area contributed by atoms with Crippen LogP contribution in [0.15, 0.2) is 36.4 Å². The van der Waals surface area contributed by atoms with E-state index in [1.165, 1.54) is 33.5 Å². The van der Waals surface area contributed by atoms with E-state index < -0.39 is 11.9 Å². The maximum Gasteiger partial charge on any atom is 0.325 e. The number of methoxy groups -OCH3 is 3. The van der Waals surface area contributed by atoms with E-state index in [4.69, 9.17) is 18.9 Å². The number of aryl methyl sites for hydroxylation is 1. The van der Waals surface area contributed by atoms with Gasteiger partial charge in [-0.15, -0.1) is 0 Å². The van der Waals surface area contributed by atoms with Crippen LogP contribution in [0.25, 0.3) is 0 Å². The summed E-state index contributed by atoms with van der Waals surface area (Å²) in [5.74, 6) is 0.0984. The van der Waals surface area contributed by atoms with Crippen LogP contribution < -0.4 is 19.5 Å². The lowest BCUT2D eigenvalue weighted by Crippen LogP contribution is -2.30. The van der Waals surface area contributed by atoms with Gasteiger partial charge in [-0.2, -0.15) is 0 Å². The topological polar surface area (TPSA) is 83.1 Å². The van der Waals surface area contributed by atoms with Gasteiger partial charge in [0.15, 0.2) is 11.5 Å². The molecule has 144 valence electrons. The lowest BCUT2D eigenvalue weighted by Gasteiger charge is -2.14. The Morgan fingerprint density at radius 3 is 2.19 bits per heavy atom. The van der Waals surface area contributed by atoms with Crippen LogP contribution >= 0.6 is 0 Å². The number of carbonyl (C=O) groups excluding carboxylic acids is 2. The Balaban J connectivity index is 1.95. The van der Waals surface area contributed by atoms with Crippen molar-refractivity contribution in [3.8, 4) is 17.2 Å². The maximum atomic E-state index is 12.3. The molecule has 1 amide bonds. The van der Waals surface area contributed by atoms with E-state index in [-0.39, 0.29) is 18.7 Å². The van der Waals surface area contributed by atoms with Crippen molar-refractivity contribution < 1.29 is 28.5 Å². The van der Waals surface area contributed by atoms with Gasteiger partial charge >= 0.3 is 5.97 Å². The van der Waals surface area contributed by atoms with Crippen LogP contribution in [0.1, 0.15) is 21.5 Å². The third kappa shape index (κ3) is 5.37. The second kappa shape index (κ2) is 9.47. The standard InChI is InChI=1S/C20H23NO6/c1-13-6-5-7-14(8-13)12-27-18(22)11-21-20(23)15-9-16(24-2)19(26-4)17(10-15)25-3/h5-10H,11-12H2,1-4H3,(H,21,23). The van der Waals surface area contributed by atoms with Crippen molar-refractivity contribution in [2.75, 3.05) is 27.9 Å². The molecule has 0 unspecified atom stereocenters. The lowest BCUT2D eigenvalue weighted by atomic mass is 10.1. The van der Waals surface area contributed by atoms with Gasteiger partial charge in [-0.25, -0.2) is 0 Å². The highest BCUT2D eigenvalue weighted by molar-refractivity contribution is 5.97. The van der Waals surface area contributed by atoms with Gasteiger partial charge in [0.05, 0.1) is 21.3 Å². The lowest BCUT2D eigenvalue weighted by molar-refractivity contribution is -0.143. The first-order chi connectivity index (χ1) is 13.0. The Kier molecular flexibility index (Phi) is 7.05. The number of nitrogens with one attached hydrogen (secondary N) is 1. The molecule has 0 aliphatic heterocycles. The molecule has 1 N–H and O–H groups in total. The summed E-state index contributed by atoms with van der Waals surface area (Å²) in [6.07, 6.45) is 0. The van der Waals surface area contributed by atoms with Gasteiger partial charge in [0.1, 0.15) is 13.2 Å². The Morgan fingerprint density at radius 2 is 1.63 bits per heavy atom. The van der Waals surface area contributed by atoms with Gasteiger partial charge in [-0.1, -0.05) is 29.8 Å². The van der Waals surface area contributed by atoms with Gasteiger partial charge in [-0.3, -0.25) is 9.59 Å². The molecule has 0 atom stereocenters. The van der Waals surface area contributed by atoms with E-state index in [1.807, 2.05) is 31.2 Å². The second-order valence-electron chi connectivity index (χ2n) is 5.75. The molecule has 0 aliphatic carbocycles. The number of rotatable bonds is 8. The van der Waals surface area contributed by atoms with E-state index in [1.54, 1.807) is 0 Å². The van der Waals surface area contributed by atoms with Gasteiger partial charge in [0, 0.05) is 5.56 Å². The molecule has 7 heteroatoms. The highest BCUT2D eigenvalue weighted by Gasteiger charge is 2.17. The first-order valence-corrected chi connectivity index (χ1v) is 8.27. The minimum Gasteiger partial charge on any atom is -0.493 e. The predicted molar refractivity (Wildman–Crippen MR) is 99.4 cm³/mol. The normalized spacial score (nSPS) is 10.1. The van der Waals surface area contributed by atoms with Gasteiger partial charge in [-0.05, 0) is 24.6 Å². The fourth-order valence-electron chi connectivity index (χ4n) is 2.48. The molecule has 0 bridgehead atoms. The monoisotopic (exact) mass is 373 g/mol. The van der Waals surface area contributed by atoms with Crippen molar-refractivity contribution in [1.29, 1.82) is 0 Å². The zero-order chi connectivity index (χ0) is 19.8. The van der Waals surface area contributed by atoms with Crippen LogP contribution in [0, 0.1) is 6.92 Å². The number of esters is 1. The molecular weight excluding hydrogens is 350 g/mol. The summed E-state index contributed by atoms with van der Waals surface area (Å²) in [4.78, 5) is 24.2. The van der Waals surface area contributed by atoms with E-state index in [9.17, 15) is 9.59 Å². The van der Waals surface area contributed by atoms with Crippen LogP contribution in [0.2, 0.25) is 0 Å². The molecule has 0 radical (unpaired) electrons. The van der Waals surface area contributed by atoms with Crippen molar-refractivity contribution in [2.45, 2.75) is 13.5 Å². The molecule has 0 saturated carbocycles. The minimum atomic E-state index is -0.530. The first kappa shape index (κ1) is 20.1. The van der Waals surface area contributed by atoms with Crippen LogP contribution in [-0.2, 0) is 16.1 Å². The molecule has 0 aliphatic rings. The molecule has 2 aromatic carbocycles. The quantitative estimate of drug-likeness (QED) is 0.716. The van der Waals surface area contributed by atoms with Crippen LogP contribution in [0.3, 0.4) is 0 Å². The zero-order valence-corrected chi connectivity index (χ0v) is 15.8. The summed E-state index contributed by atoms with van der Waals surface area (Å²) in [6, 6.07) is 10.7. The molecule has 0 aromatic heterocycles. The molecule has 0 heterocycles. The highest BCUT2D eigenvalue weighted by atomic mass is 16.5. The summed E-state index contributed by atoms with van der Waals surface area (Å²) in [6.45, 7) is 1.87. The number of amides is 1. The van der Waals surface area contributed by atoms with Gasteiger partial charge < -0.3 is 24.3 Å². The average molecular weight is 373 g/mol. The summed E-state index contributed by atoms with van der Waals surface area (Å²) in [5, 5.41) is 2.52. The number of benzene rings is 2. The first-order valence-electron chi connectivity index (χ1n) is 8.27. The third-order valence-corrected chi connectivity index (χ3v) is 3.80. The molecule has 2 rings (SSSR count). The molecule has 7 nitrogen and oxygen atoms in total. The van der Waals surface area contributed by atoms with Crippen molar-refractivity contribution in [3.05, 3.63) is 53.1 Å². The highest BCUT2D eigenvalue weighted by Crippen LogP contribution is 2.38. The second-order valence-corrected chi connectivity index (χ2v) is 5.75. The Labute approximate surface area is 158 Å². The molecule has 0 spiro atoms. The maximum absolute atomic E-state index is 12.3. The number of hydrogen-bond donors (Lipinski definition) is 1. The van der Waals surface area contributed by atoms with E-state index >= 15 is 0 Å². The summed E-state index contributed by atoms with van der Waals surface area (Å²) in [5.41, 5.74) is 2.24. The number of ether oxygens (including phenoxy) is 4. The minimum absolute atomic E-state index is 0.153. The fraction of sp³-hybridized carbons (Fsp3) is 0.300. The average Bonchev–Trinajstić information content (AvgIpc) is 2.69. The van der Waals surface area contributed by atoms with Crippen LogP contribution in [-0.4, -0.2) is 39.8 Å². The Hall–Kier alpha value is -3.22. The predicted octanol–water partition coefficient (Wildman–Crippen LogP) is 2.49. The SMILES string of the molecule is COc1cc(C(=O)NCC(=O)OCc2cccc(C)c2)cc(OC)c1OC. The van der Waals surface area contributed by atoms with Crippen molar-refractivity contribution >= 4 is 11.9 Å². The van der Waals surface area contributed by atoms with Crippen molar-refractivity contribution in [1.82, 2.24) is 5.32 Å². The molecule has 0 fully saturated rings. The zero-order valence-electron chi connectivity index (χ0n) is 15.8. The summed E-state index contributed by atoms with van der Waals surface area (Å²) in [7, 11) is 4.40. The van der Waals surface area contributed by atoms with Crippen molar-refractivity contribution in [3.63, 3.8) is 0 Å². The summed E-state index contributed by atoms with van der Waals surface area (Å²) >= 11 is 0. The fourth-order valence-corrected chi connectivity index (χ4v) is 2.48. The van der Waals surface area contributed by atoms with Gasteiger partial charge in [0.25, 0.3) is 5.91 Å². The van der Waals surface area contributed by atoms with Gasteiger partial charge in [0.2, 0.25) is 5.75 Å². The molecular formula is C20H23NO6. The largest absolute Gasteiger partial charge is 0.493 e. The third-order valence-electron chi connectivity index (χ3n) is 3.80. The van der Waals surface area contributed by atoms with E-state index in [0.29, 0.717) is 17.2 Å². The van der Waals surface area contributed by atoms with Crippen molar-refractivity contribution in [2.24, 2.45) is 0 Å². The summed E-state index contributed by atoms with van der Waals surface area (Å²) < 4.78 is 20.8. The molecule has 27 heavy (non-hydrogen) atoms. The number of hydrogen-bond acceptors (Lipinski definition) is 6. The molecule has 2 aromatic rings. The smallest absolute Gasteiger partial charge is 0.325 e. The van der Waals surface area contributed by atoms with E-state index in [2.05, 4.69) is 5.32 Å². The Morgan fingerprint density at radius 1 is 0.963 bits per heavy atom. The van der Waals surface area contributed by atoms with Crippen LogP contribution in [0.4, 0.5) is 0 Å². The Bertz CT molecular complexity index is 793. The number of carbonyl (C=O) groups is 2. The van der Waals surface area contributed by atoms with Crippen LogP contribution in [0.5, 0.6) is 17.2 Å². The molecule has 0 saturated heterocycles. The van der Waals surface area contributed by atoms with E-state index in [0.717, 1.165) is 11.1 Å².